The lowest BCUT2D eigenvalue weighted by molar-refractivity contribution is -0.150. The van der Waals surface area contributed by atoms with Crippen molar-refractivity contribution in [1.82, 2.24) is 14.7 Å². The molecule has 1 N–H and O–H groups in total. The van der Waals surface area contributed by atoms with Gasteiger partial charge in [0.1, 0.15) is 0 Å². The lowest BCUT2D eigenvalue weighted by atomic mass is 9.60. The highest BCUT2D eigenvalue weighted by Crippen LogP contribution is 2.56. The highest BCUT2D eigenvalue weighted by molar-refractivity contribution is 5.88. The Morgan fingerprint density at radius 1 is 1.55 bits per heavy atom. The van der Waals surface area contributed by atoms with Gasteiger partial charge in [-0.1, -0.05) is 12.8 Å². The third kappa shape index (κ3) is 2.49. The summed E-state index contributed by atoms with van der Waals surface area (Å²) in [5.74, 6) is 0.598. The summed E-state index contributed by atoms with van der Waals surface area (Å²) >= 11 is 0. The highest BCUT2D eigenvalue weighted by Gasteiger charge is 2.58. The van der Waals surface area contributed by atoms with Crippen LogP contribution in [-0.4, -0.2) is 46.5 Å². The molecule has 1 aromatic heterocycles. The van der Waals surface area contributed by atoms with Crippen LogP contribution in [0.5, 0.6) is 0 Å². The number of nitrogens with one attached hydrogen (secondary N) is 1. The maximum absolute atomic E-state index is 12.5. The van der Waals surface area contributed by atoms with E-state index in [1.54, 1.807) is 10.7 Å². The molecular formula is C16H26N4O2. The fourth-order valence-electron chi connectivity index (χ4n) is 4.21. The molecule has 2 amide bonds. The van der Waals surface area contributed by atoms with Crippen LogP contribution in [0.3, 0.4) is 0 Å². The molecule has 2 unspecified atom stereocenters. The molecule has 2 aliphatic carbocycles. The van der Waals surface area contributed by atoms with Crippen molar-refractivity contribution in [3.8, 4) is 0 Å². The van der Waals surface area contributed by atoms with Crippen molar-refractivity contribution in [3.63, 3.8) is 0 Å². The van der Waals surface area contributed by atoms with Crippen molar-refractivity contribution in [2.75, 3.05) is 19.0 Å². The van der Waals surface area contributed by atoms with Crippen LogP contribution in [0.25, 0.3) is 0 Å². The van der Waals surface area contributed by atoms with Crippen LogP contribution >= 0.6 is 0 Å². The number of rotatable bonds is 4. The first kappa shape index (κ1) is 15.3. The molecule has 22 heavy (non-hydrogen) atoms. The van der Waals surface area contributed by atoms with E-state index in [4.69, 9.17) is 4.74 Å². The topological polar surface area (TPSA) is 59.4 Å². The van der Waals surface area contributed by atoms with E-state index in [0.29, 0.717) is 11.9 Å². The summed E-state index contributed by atoms with van der Waals surface area (Å²) in [6, 6.07) is 2.00. The standard InChI is InChI=1S/C16H26N4O2/c1-4-22-13-11-12(16(13)8-5-6-9-16)20(3)15(21)17-14-7-10-19(2)18-14/h7,10,12-13H,4-6,8-9,11H2,1-3H3,(H,17,18,21). The van der Waals surface area contributed by atoms with Gasteiger partial charge in [0.05, 0.1) is 6.10 Å². The van der Waals surface area contributed by atoms with E-state index in [-0.39, 0.29) is 17.5 Å². The number of nitrogens with zero attached hydrogens (tertiary/aromatic N) is 3. The minimum absolute atomic E-state index is 0.0788. The average Bonchev–Trinajstić information content (AvgIpc) is 3.13. The number of urea groups is 1. The highest BCUT2D eigenvalue weighted by atomic mass is 16.5. The predicted molar refractivity (Wildman–Crippen MR) is 84.7 cm³/mol. The van der Waals surface area contributed by atoms with Crippen molar-refractivity contribution in [1.29, 1.82) is 0 Å². The van der Waals surface area contributed by atoms with Crippen LogP contribution in [0.1, 0.15) is 39.0 Å². The molecule has 0 aromatic carbocycles. The summed E-state index contributed by atoms with van der Waals surface area (Å²) in [6.45, 7) is 2.80. The minimum Gasteiger partial charge on any atom is -0.378 e. The molecular weight excluding hydrogens is 280 g/mol. The molecule has 1 heterocycles. The number of aryl methyl sites for hydroxylation is 1. The number of hydrogen-bond acceptors (Lipinski definition) is 3. The van der Waals surface area contributed by atoms with Crippen LogP contribution in [0, 0.1) is 5.41 Å². The van der Waals surface area contributed by atoms with Crippen molar-refractivity contribution in [2.24, 2.45) is 12.5 Å². The zero-order valence-corrected chi connectivity index (χ0v) is 13.7. The number of carbonyl (C=O) groups excluding carboxylic acids is 1. The zero-order valence-electron chi connectivity index (χ0n) is 13.7. The summed E-state index contributed by atoms with van der Waals surface area (Å²) in [7, 11) is 3.73. The first-order valence-electron chi connectivity index (χ1n) is 8.22. The Morgan fingerprint density at radius 2 is 2.27 bits per heavy atom. The zero-order chi connectivity index (χ0) is 15.7. The molecule has 6 heteroatoms. The third-order valence-corrected chi connectivity index (χ3v) is 5.38. The lowest BCUT2D eigenvalue weighted by Gasteiger charge is -2.56. The van der Waals surface area contributed by atoms with Gasteiger partial charge in [0.2, 0.25) is 0 Å². The summed E-state index contributed by atoms with van der Waals surface area (Å²) in [5, 5.41) is 7.08. The van der Waals surface area contributed by atoms with Crippen molar-refractivity contribution in [3.05, 3.63) is 12.3 Å². The molecule has 2 saturated carbocycles. The van der Waals surface area contributed by atoms with Crippen LogP contribution in [0.4, 0.5) is 10.6 Å². The Morgan fingerprint density at radius 3 is 2.86 bits per heavy atom. The molecule has 0 aliphatic heterocycles. The van der Waals surface area contributed by atoms with E-state index in [9.17, 15) is 4.79 Å². The molecule has 2 atom stereocenters. The van der Waals surface area contributed by atoms with Gasteiger partial charge in [-0.2, -0.15) is 5.10 Å². The number of hydrogen-bond donors (Lipinski definition) is 1. The second-order valence-electron chi connectivity index (χ2n) is 6.55. The first-order chi connectivity index (χ1) is 10.6. The number of aromatic nitrogens is 2. The molecule has 6 nitrogen and oxygen atoms in total. The molecule has 1 spiro atoms. The number of anilines is 1. The van der Waals surface area contributed by atoms with Crippen LogP contribution < -0.4 is 5.32 Å². The first-order valence-corrected chi connectivity index (χ1v) is 8.22. The van der Waals surface area contributed by atoms with Gasteiger partial charge in [-0.3, -0.25) is 10.00 Å². The monoisotopic (exact) mass is 306 g/mol. The maximum atomic E-state index is 12.5. The molecule has 2 fully saturated rings. The Kier molecular flexibility index (Phi) is 4.12. The molecule has 0 bridgehead atoms. The number of amides is 2. The predicted octanol–water partition coefficient (Wildman–Crippen LogP) is 2.62. The van der Waals surface area contributed by atoms with E-state index in [0.717, 1.165) is 13.0 Å². The van der Waals surface area contributed by atoms with Gasteiger partial charge in [0, 0.05) is 44.4 Å². The second-order valence-corrected chi connectivity index (χ2v) is 6.55. The molecule has 3 rings (SSSR count). The van der Waals surface area contributed by atoms with Gasteiger partial charge in [-0.15, -0.1) is 0 Å². The van der Waals surface area contributed by atoms with Gasteiger partial charge in [-0.05, 0) is 26.2 Å². The Hall–Kier alpha value is -1.56. The lowest BCUT2D eigenvalue weighted by Crippen LogP contribution is -2.64. The van der Waals surface area contributed by atoms with Gasteiger partial charge in [-0.25, -0.2) is 4.79 Å². The van der Waals surface area contributed by atoms with E-state index in [1.165, 1.54) is 25.7 Å². The second kappa shape index (κ2) is 5.91. The largest absolute Gasteiger partial charge is 0.378 e. The summed E-state index contributed by atoms with van der Waals surface area (Å²) in [4.78, 5) is 14.3. The van der Waals surface area contributed by atoms with E-state index >= 15 is 0 Å². The van der Waals surface area contributed by atoms with Crippen LogP contribution in [0.2, 0.25) is 0 Å². The quantitative estimate of drug-likeness (QED) is 0.930. The minimum atomic E-state index is -0.0788. The van der Waals surface area contributed by atoms with E-state index < -0.39 is 0 Å². The van der Waals surface area contributed by atoms with Crippen LogP contribution in [0.15, 0.2) is 12.3 Å². The van der Waals surface area contributed by atoms with E-state index in [1.807, 2.05) is 32.1 Å². The number of carbonyl (C=O) groups is 1. The average molecular weight is 306 g/mol. The fraction of sp³-hybridized carbons (Fsp3) is 0.750. The normalized spacial score (nSPS) is 26.0. The molecule has 1 aromatic rings. The Bertz CT molecular complexity index is 536. The van der Waals surface area contributed by atoms with Crippen molar-refractivity contribution < 1.29 is 9.53 Å². The van der Waals surface area contributed by atoms with Gasteiger partial charge >= 0.3 is 6.03 Å². The number of ether oxygens (including phenoxy) is 1. The summed E-state index contributed by atoms with van der Waals surface area (Å²) in [6.07, 6.45) is 7.91. The molecule has 0 saturated heterocycles. The van der Waals surface area contributed by atoms with Crippen molar-refractivity contribution in [2.45, 2.75) is 51.2 Å². The smallest absolute Gasteiger partial charge is 0.323 e. The van der Waals surface area contributed by atoms with Gasteiger partial charge < -0.3 is 9.64 Å². The Balaban J connectivity index is 1.66. The molecule has 122 valence electrons. The Labute approximate surface area is 131 Å². The van der Waals surface area contributed by atoms with E-state index in [2.05, 4.69) is 10.4 Å². The van der Waals surface area contributed by atoms with Crippen LogP contribution in [-0.2, 0) is 11.8 Å². The molecule has 0 radical (unpaired) electrons. The van der Waals surface area contributed by atoms with Gasteiger partial charge in [0.15, 0.2) is 5.82 Å². The summed E-state index contributed by atoms with van der Waals surface area (Å²) < 4.78 is 7.61. The molecule has 2 aliphatic rings. The third-order valence-electron chi connectivity index (χ3n) is 5.38. The summed E-state index contributed by atoms with van der Waals surface area (Å²) in [5.41, 5.74) is 0.173. The van der Waals surface area contributed by atoms with Crippen molar-refractivity contribution >= 4 is 11.8 Å². The fourth-order valence-corrected chi connectivity index (χ4v) is 4.21. The maximum Gasteiger partial charge on any atom is 0.323 e. The van der Waals surface area contributed by atoms with Gasteiger partial charge in [0.25, 0.3) is 0 Å². The SMILES string of the molecule is CCOC1CC(N(C)C(=O)Nc2ccn(C)n2)C12CCCC2.